The average molecular weight is 275 g/mol. The molecule has 0 bridgehead atoms. The minimum absolute atomic E-state index is 0.313. The second kappa shape index (κ2) is 5.71. The summed E-state index contributed by atoms with van der Waals surface area (Å²) in [5.74, 6) is 0.630. The maximum absolute atomic E-state index is 13.3. The number of benzene rings is 1. The molecule has 0 radical (unpaired) electrons. The van der Waals surface area contributed by atoms with E-state index in [-0.39, 0.29) is 11.9 Å². The maximum Gasteiger partial charge on any atom is 0.137 e. The Hall–Kier alpha value is -1.75. The van der Waals surface area contributed by atoms with Gasteiger partial charge in [-0.3, -0.25) is 0 Å². The number of hydrogen-bond donors (Lipinski definition) is 2. The molecule has 0 aliphatic heterocycles. The molecule has 1 aliphatic rings. The van der Waals surface area contributed by atoms with Crippen molar-refractivity contribution in [1.29, 1.82) is 0 Å². The average Bonchev–Trinajstić information content (AvgIpc) is 2.99. The third-order valence-electron chi connectivity index (χ3n) is 4.02. The van der Waals surface area contributed by atoms with Crippen LogP contribution in [0.4, 0.5) is 10.2 Å². The second-order valence-corrected chi connectivity index (χ2v) is 5.38. The molecule has 3 rings (SSSR count). The number of nitrogens with one attached hydrogen (secondary N) is 1. The quantitative estimate of drug-likeness (QED) is 0.900. The van der Waals surface area contributed by atoms with Gasteiger partial charge in [0.15, 0.2) is 0 Å². The Morgan fingerprint density at radius 3 is 2.90 bits per heavy atom. The second-order valence-electron chi connectivity index (χ2n) is 5.38. The summed E-state index contributed by atoms with van der Waals surface area (Å²) in [7, 11) is 0. The summed E-state index contributed by atoms with van der Waals surface area (Å²) in [5, 5.41) is 13.9. The van der Waals surface area contributed by atoms with Crippen molar-refractivity contribution in [2.75, 3.05) is 11.9 Å². The van der Waals surface area contributed by atoms with E-state index in [1.165, 1.54) is 31.3 Å². The Morgan fingerprint density at radius 1 is 1.30 bits per heavy atom. The molecule has 2 N–H and O–H groups in total. The highest BCUT2D eigenvalue weighted by molar-refractivity contribution is 5.88. The molecule has 20 heavy (non-hydrogen) atoms. The Balaban J connectivity index is 1.75. The lowest BCUT2D eigenvalue weighted by atomic mass is 10.0. The first kappa shape index (κ1) is 13.2. The molecular weight excluding hydrogens is 257 g/mol. The molecule has 4 nitrogen and oxygen atoms in total. The smallest absolute Gasteiger partial charge is 0.137 e. The van der Waals surface area contributed by atoms with Gasteiger partial charge in [0.25, 0.3) is 0 Å². The van der Waals surface area contributed by atoms with Gasteiger partial charge >= 0.3 is 0 Å². The van der Waals surface area contributed by atoms with E-state index in [4.69, 9.17) is 0 Å². The topological polar surface area (TPSA) is 58.0 Å². The molecule has 5 heteroatoms. The molecule has 1 atom stereocenters. The molecule has 0 amide bonds. The molecule has 1 fully saturated rings. The molecule has 1 unspecified atom stereocenters. The molecule has 0 saturated heterocycles. The van der Waals surface area contributed by atoms with Crippen molar-refractivity contribution in [3.63, 3.8) is 0 Å². The van der Waals surface area contributed by atoms with Crippen LogP contribution in [0, 0.1) is 11.7 Å². The van der Waals surface area contributed by atoms with Gasteiger partial charge in [-0.05, 0) is 37.0 Å². The molecule has 1 aliphatic carbocycles. The Kier molecular flexibility index (Phi) is 3.78. The van der Waals surface area contributed by atoms with Crippen LogP contribution >= 0.6 is 0 Å². The van der Waals surface area contributed by atoms with E-state index in [1.807, 2.05) is 0 Å². The first-order valence-corrected chi connectivity index (χ1v) is 7.06. The summed E-state index contributed by atoms with van der Waals surface area (Å²) in [6.45, 7) is 0.438. The van der Waals surface area contributed by atoms with Crippen molar-refractivity contribution in [2.24, 2.45) is 5.92 Å². The summed E-state index contributed by atoms with van der Waals surface area (Å²) in [4.78, 5) is 8.25. The summed E-state index contributed by atoms with van der Waals surface area (Å²) in [5.41, 5.74) is 0.694. The number of aliphatic hydroxyl groups is 1. The Labute approximate surface area is 117 Å². The van der Waals surface area contributed by atoms with Crippen molar-refractivity contribution in [3.05, 3.63) is 30.3 Å². The van der Waals surface area contributed by atoms with E-state index in [2.05, 4.69) is 15.3 Å². The zero-order valence-corrected chi connectivity index (χ0v) is 11.2. The predicted molar refractivity (Wildman–Crippen MR) is 76.0 cm³/mol. The van der Waals surface area contributed by atoms with Crippen LogP contribution in [0.2, 0.25) is 0 Å². The summed E-state index contributed by atoms with van der Waals surface area (Å²) >= 11 is 0. The van der Waals surface area contributed by atoms with Gasteiger partial charge in [-0.25, -0.2) is 14.4 Å². The molecule has 106 valence electrons. The van der Waals surface area contributed by atoms with Crippen LogP contribution in [0.5, 0.6) is 0 Å². The zero-order valence-electron chi connectivity index (χ0n) is 11.2. The van der Waals surface area contributed by atoms with Gasteiger partial charge in [0.2, 0.25) is 0 Å². The fraction of sp³-hybridized carbons (Fsp3) is 0.467. The van der Waals surface area contributed by atoms with E-state index in [0.29, 0.717) is 29.2 Å². The van der Waals surface area contributed by atoms with Crippen molar-refractivity contribution >= 4 is 16.7 Å². The fourth-order valence-corrected chi connectivity index (χ4v) is 2.88. The minimum atomic E-state index is -0.379. The first-order valence-electron chi connectivity index (χ1n) is 7.06. The van der Waals surface area contributed by atoms with E-state index in [1.54, 1.807) is 6.07 Å². The van der Waals surface area contributed by atoms with Crippen molar-refractivity contribution in [2.45, 2.75) is 31.8 Å². The molecule has 1 saturated carbocycles. The fourth-order valence-electron chi connectivity index (χ4n) is 2.88. The van der Waals surface area contributed by atoms with Crippen LogP contribution < -0.4 is 5.32 Å². The highest BCUT2D eigenvalue weighted by Crippen LogP contribution is 2.28. The van der Waals surface area contributed by atoms with Crippen LogP contribution in [-0.4, -0.2) is 27.7 Å². The number of aliphatic hydroxyl groups excluding tert-OH is 1. The number of anilines is 1. The SMILES string of the molecule is OC(CNc1ncnc2ccc(F)cc12)C1CCCC1. The lowest BCUT2D eigenvalue weighted by Crippen LogP contribution is -2.27. The van der Waals surface area contributed by atoms with Gasteiger partial charge in [0, 0.05) is 11.9 Å². The maximum atomic E-state index is 13.3. The number of aromatic nitrogens is 2. The van der Waals surface area contributed by atoms with Crippen molar-refractivity contribution in [1.82, 2.24) is 9.97 Å². The summed E-state index contributed by atoms with van der Waals surface area (Å²) in [6.07, 6.45) is 5.64. The zero-order chi connectivity index (χ0) is 13.9. The highest BCUT2D eigenvalue weighted by Gasteiger charge is 2.23. The van der Waals surface area contributed by atoms with E-state index < -0.39 is 0 Å². The summed E-state index contributed by atoms with van der Waals surface area (Å²) in [6, 6.07) is 4.43. The third kappa shape index (κ3) is 2.72. The van der Waals surface area contributed by atoms with Crippen LogP contribution in [-0.2, 0) is 0 Å². The Morgan fingerprint density at radius 2 is 2.10 bits per heavy atom. The van der Waals surface area contributed by atoms with Gasteiger partial charge in [0.05, 0.1) is 11.6 Å². The van der Waals surface area contributed by atoms with Gasteiger partial charge in [0.1, 0.15) is 18.0 Å². The van der Waals surface area contributed by atoms with Crippen LogP contribution in [0.25, 0.3) is 10.9 Å². The standard InChI is InChI=1S/C15H18FN3O/c16-11-5-6-13-12(7-11)15(19-9-18-13)17-8-14(20)10-3-1-2-4-10/h5-7,9-10,14,20H,1-4,8H2,(H,17,18,19). The van der Waals surface area contributed by atoms with Gasteiger partial charge in [-0.1, -0.05) is 12.8 Å². The van der Waals surface area contributed by atoms with E-state index >= 15 is 0 Å². The number of halogens is 1. The monoisotopic (exact) mass is 275 g/mol. The molecule has 1 heterocycles. The van der Waals surface area contributed by atoms with E-state index in [9.17, 15) is 9.50 Å². The lowest BCUT2D eigenvalue weighted by Gasteiger charge is -2.18. The Bertz CT molecular complexity index is 599. The normalized spacial score (nSPS) is 17.5. The third-order valence-corrected chi connectivity index (χ3v) is 4.02. The summed E-state index contributed by atoms with van der Waals surface area (Å²) < 4.78 is 13.3. The van der Waals surface area contributed by atoms with Gasteiger partial charge < -0.3 is 10.4 Å². The van der Waals surface area contributed by atoms with Gasteiger partial charge in [-0.2, -0.15) is 0 Å². The predicted octanol–water partition coefficient (Wildman–Crippen LogP) is 2.73. The number of nitrogens with zero attached hydrogens (tertiary/aromatic N) is 2. The molecule has 0 spiro atoms. The van der Waals surface area contributed by atoms with E-state index in [0.717, 1.165) is 12.8 Å². The number of rotatable bonds is 4. The molecule has 1 aromatic carbocycles. The first-order chi connectivity index (χ1) is 9.74. The number of fused-ring (bicyclic) bond motifs is 1. The van der Waals surface area contributed by atoms with Crippen LogP contribution in [0.15, 0.2) is 24.5 Å². The van der Waals surface area contributed by atoms with Crippen molar-refractivity contribution in [3.8, 4) is 0 Å². The van der Waals surface area contributed by atoms with Crippen molar-refractivity contribution < 1.29 is 9.50 Å². The van der Waals surface area contributed by atoms with Crippen LogP contribution in [0.1, 0.15) is 25.7 Å². The van der Waals surface area contributed by atoms with Crippen LogP contribution in [0.3, 0.4) is 0 Å². The lowest BCUT2D eigenvalue weighted by molar-refractivity contribution is 0.123. The molecule has 1 aromatic heterocycles. The minimum Gasteiger partial charge on any atom is -0.391 e. The van der Waals surface area contributed by atoms with Gasteiger partial charge in [-0.15, -0.1) is 0 Å². The largest absolute Gasteiger partial charge is 0.391 e. The molecular formula is C15H18FN3O. The molecule has 2 aromatic rings. The number of hydrogen-bond acceptors (Lipinski definition) is 4. The highest BCUT2D eigenvalue weighted by atomic mass is 19.1.